The molecule has 0 atom stereocenters. The predicted molar refractivity (Wildman–Crippen MR) is 116 cm³/mol. The Bertz CT molecular complexity index is 1180. The summed E-state index contributed by atoms with van der Waals surface area (Å²) >= 11 is 0. The van der Waals surface area contributed by atoms with Gasteiger partial charge in [0.2, 0.25) is 0 Å². The summed E-state index contributed by atoms with van der Waals surface area (Å²) in [6.07, 6.45) is 2.52. The number of rotatable bonds is 4. The van der Waals surface area contributed by atoms with Gasteiger partial charge in [0.1, 0.15) is 5.69 Å². The molecule has 1 amide bonds. The zero-order chi connectivity index (χ0) is 21.2. The lowest BCUT2D eigenvalue weighted by Crippen LogP contribution is -2.35. The van der Waals surface area contributed by atoms with Gasteiger partial charge in [-0.1, -0.05) is 35.5 Å². The first-order valence-electron chi connectivity index (χ1n) is 10.6. The number of benzene rings is 1. The zero-order valence-corrected chi connectivity index (χ0v) is 17.5. The smallest absolute Gasteiger partial charge is 0.259 e. The minimum Gasteiger partial charge on any atom is -0.463 e. The highest BCUT2D eigenvalue weighted by atomic mass is 16.5. The standard InChI is InChI=1S/C24H24N4O3/c1-17-22-19(15-20(21-9-5-14-30-21)25-23(22)31-26-17)24(29)28-11-6-10-27(12-13-28)16-18-7-3-2-4-8-18/h2-5,7-9,14-15H,6,10-13,16H2,1H3. The van der Waals surface area contributed by atoms with Crippen LogP contribution in [0.4, 0.5) is 0 Å². The molecule has 0 radical (unpaired) electrons. The van der Waals surface area contributed by atoms with Gasteiger partial charge < -0.3 is 13.8 Å². The summed E-state index contributed by atoms with van der Waals surface area (Å²) in [5.41, 5.74) is 3.44. The number of aromatic nitrogens is 2. The van der Waals surface area contributed by atoms with E-state index in [1.54, 1.807) is 18.4 Å². The van der Waals surface area contributed by atoms with E-state index in [4.69, 9.17) is 8.94 Å². The molecule has 158 valence electrons. The molecule has 1 saturated heterocycles. The summed E-state index contributed by atoms with van der Waals surface area (Å²) < 4.78 is 10.9. The fraction of sp³-hybridized carbons (Fsp3) is 0.292. The highest BCUT2D eigenvalue weighted by Crippen LogP contribution is 2.28. The third-order valence-electron chi connectivity index (χ3n) is 5.75. The first kappa shape index (κ1) is 19.5. The van der Waals surface area contributed by atoms with E-state index in [2.05, 4.69) is 39.3 Å². The maximum absolute atomic E-state index is 13.6. The average molecular weight is 416 g/mol. The molecule has 7 heteroatoms. The maximum Gasteiger partial charge on any atom is 0.259 e. The molecule has 0 bridgehead atoms. The number of fused-ring (bicyclic) bond motifs is 1. The number of amides is 1. The molecule has 1 fully saturated rings. The van der Waals surface area contributed by atoms with Crippen LogP contribution in [-0.2, 0) is 6.54 Å². The van der Waals surface area contributed by atoms with Crippen molar-refractivity contribution in [3.8, 4) is 11.5 Å². The van der Waals surface area contributed by atoms with Crippen molar-refractivity contribution in [2.45, 2.75) is 19.9 Å². The quantitative estimate of drug-likeness (QED) is 0.498. The monoisotopic (exact) mass is 416 g/mol. The first-order valence-corrected chi connectivity index (χ1v) is 10.6. The lowest BCUT2D eigenvalue weighted by Gasteiger charge is -2.22. The summed E-state index contributed by atoms with van der Waals surface area (Å²) in [5.74, 6) is 0.572. The molecule has 0 N–H and O–H groups in total. The van der Waals surface area contributed by atoms with Crippen LogP contribution in [0.1, 0.15) is 28.0 Å². The van der Waals surface area contributed by atoms with E-state index in [1.165, 1.54) is 5.56 Å². The Labute approximate surface area is 180 Å². The second-order valence-electron chi connectivity index (χ2n) is 7.89. The van der Waals surface area contributed by atoms with E-state index in [9.17, 15) is 4.79 Å². The molecular formula is C24H24N4O3. The number of hydrogen-bond acceptors (Lipinski definition) is 6. The van der Waals surface area contributed by atoms with Gasteiger partial charge in [0, 0.05) is 32.7 Å². The van der Waals surface area contributed by atoms with Crippen LogP contribution in [0.5, 0.6) is 0 Å². The van der Waals surface area contributed by atoms with Gasteiger partial charge in [-0.3, -0.25) is 9.69 Å². The van der Waals surface area contributed by atoms with Crippen LogP contribution in [0.15, 0.2) is 63.7 Å². The molecule has 0 spiro atoms. The van der Waals surface area contributed by atoms with Crippen LogP contribution < -0.4 is 0 Å². The van der Waals surface area contributed by atoms with E-state index in [-0.39, 0.29) is 5.91 Å². The SMILES string of the molecule is Cc1noc2nc(-c3ccco3)cc(C(=O)N3CCCN(Cc4ccccc4)CC3)c12. The zero-order valence-electron chi connectivity index (χ0n) is 17.5. The molecule has 5 rings (SSSR count). The summed E-state index contributed by atoms with van der Waals surface area (Å²) in [5, 5.41) is 4.71. The van der Waals surface area contributed by atoms with E-state index < -0.39 is 0 Å². The molecule has 0 aliphatic carbocycles. The van der Waals surface area contributed by atoms with E-state index in [0.717, 1.165) is 26.1 Å². The van der Waals surface area contributed by atoms with Crippen LogP contribution in [0, 0.1) is 6.92 Å². The largest absolute Gasteiger partial charge is 0.463 e. The van der Waals surface area contributed by atoms with Gasteiger partial charge in [-0.15, -0.1) is 0 Å². The third kappa shape index (κ3) is 3.96. The first-order chi connectivity index (χ1) is 15.2. The minimum absolute atomic E-state index is 0.0203. The molecule has 4 heterocycles. The van der Waals surface area contributed by atoms with Gasteiger partial charge in [0.15, 0.2) is 5.76 Å². The summed E-state index contributed by atoms with van der Waals surface area (Å²) in [6.45, 7) is 5.93. The Kier molecular flexibility index (Phi) is 5.26. The molecule has 1 aromatic carbocycles. The molecule has 1 aliphatic rings. The van der Waals surface area contributed by atoms with Crippen molar-refractivity contribution in [3.05, 3.63) is 71.6 Å². The Hall–Kier alpha value is -3.45. The third-order valence-corrected chi connectivity index (χ3v) is 5.75. The van der Waals surface area contributed by atoms with Crippen molar-refractivity contribution in [3.63, 3.8) is 0 Å². The van der Waals surface area contributed by atoms with Crippen LogP contribution >= 0.6 is 0 Å². The highest BCUT2D eigenvalue weighted by Gasteiger charge is 2.25. The lowest BCUT2D eigenvalue weighted by molar-refractivity contribution is 0.0763. The van der Waals surface area contributed by atoms with Crippen molar-refractivity contribution >= 4 is 17.0 Å². The number of furan rings is 1. The van der Waals surface area contributed by atoms with E-state index >= 15 is 0 Å². The molecule has 0 saturated carbocycles. The highest BCUT2D eigenvalue weighted by molar-refractivity contribution is 6.06. The molecular weight excluding hydrogens is 392 g/mol. The molecule has 1 aliphatic heterocycles. The Morgan fingerprint density at radius 1 is 1.06 bits per heavy atom. The van der Waals surface area contributed by atoms with Crippen molar-refractivity contribution < 1.29 is 13.7 Å². The molecule has 31 heavy (non-hydrogen) atoms. The number of nitrogens with zero attached hydrogens (tertiary/aromatic N) is 4. The molecule has 4 aromatic rings. The summed E-state index contributed by atoms with van der Waals surface area (Å²) in [7, 11) is 0. The molecule has 0 unspecified atom stereocenters. The van der Waals surface area contributed by atoms with Crippen LogP contribution in [0.2, 0.25) is 0 Å². The average Bonchev–Trinajstić information content (AvgIpc) is 3.40. The number of carbonyl (C=O) groups excluding carboxylic acids is 1. The number of carbonyl (C=O) groups is 1. The van der Waals surface area contributed by atoms with Crippen LogP contribution in [0.25, 0.3) is 22.6 Å². The van der Waals surface area contributed by atoms with Gasteiger partial charge in [-0.25, -0.2) is 4.98 Å². The number of aryl methyl sites for hydroxylation is 1. The topological polar surface area (TPSA) is 75.6 Å². The fourth-order valence-corrected chi connectivity index (χ4v) is 4.16. The molecule has 3 aromatic heterocycles. The normalized spacial score (nSPS) is 15.3. The predicted octanol–water partition coefficient (Wildman–Crippen LogP) is 4.14. The van der Waals surface area contributed by atoms with E-state index in [1.807, 2.05) is 24.0 Å². The van der Waals surface area contributed by atoms with Gasteiger partial charge in [-0.2, -0.15) is 0 Å². The van der Waals surface area contributed by atoms with Gasteiger partial charge in [0.25, 0.3) is 11.6 Å². The number of pyridine rings is 1. The second-order valence-corrected chi connectivity index (χ2v) is 7.89. The Morgan fingerprint density at radius 2 is 1.94 bits per heavy atom. The van der Waals surface area contributed by atoms with E-state index in [0.29, 0.717) is 46.9 Å². The van der Waals surface area contributed by atoms with Crippen molar-refractivity contribution in [2.75, 3.05) is 26.2 Å². The Morgan fingerprint density at radius 3 is 2.74 bits per heavy atom. The van der Waals surface area contributed by atoms with Gasteiger partial charge in [-0.05, 0) is 37.1 Å². The second kappa shape index (κ2) is 8.35. The Balaban J connectivity index is 1.40. The number of hydrogen-bond donors (Lipinski definition) is 0. The van der Waals surface area contributed by atoms with Crippen molar-refractivity contribution in [2.24, 2.45) is 0 Å². The van der Waals surface area contributed by atoms with Crippen LogP contribution in [0.3, 0.4) is 0 Å². The van der Waals surface area contributed by atoms with Crippen LogP contribution in [-0.4, -0.2) is 52.0 Å². The summed E-state index contributed by atoms with van der Waals surface area (Å²) in [6, 6.07) is 15.9. The molecule has 7 nitrogen and oxygen atoms in total. The van der Waals surface area contributed by atoms with Gasteiger partial charge >= 0.3 is 0 Å². The fourth-order valence-electron chi connectivity index (χ4n) is 4.16. The maximum atomic E-state index is 13.6. The van der Waals surface area contributed by atoms with Crippen molar-refractivity contribution in [1.82, 2.24) is 19.9 Å². The summed E-state index contributed by atoms with van der Waals surface area (Å²) in [4.78, 5) is 22.4. The van der Waals surface area contributed by atoms with Gasteiger partial charge in [0.05, 0.1) is 22.9 Å². The lowest BCUT2D eigenvalue weighted by atomic mass is 10.1. The van der Waals surface area contributed by atoms with Crippen molar-refractivity contribution in [1.29, 1.82) is 0 Å². The minimum atomic E-state index is -0.0203.